The van der Waals surface area contributed by atoms with Crippen LogP contribution in [0.3, 0.4) is 0 Å². The van der Waals surface area contributed by atoms with Crippen molar-refractivity contribution in [2.75, 3.05) is 32.5 Å². The zero-order valence-electron chi connectivity index (χ0n) is 19.0. The molecule has 0 fully saturated rings. The summed E-state index contributed by atoms with van der Waals surface area (Å²) in [6.07, 6.45) is 1.67. The van der Waals surface area contributed by atoms with E-state index in [2.05, 4.69) is 30.6 Å². The number of carbonyl (C=O) groups excluding carboxylic acids is 1. The molecule has 3 aromatic heterocycles. The largest absolute Gasteiger partial charge is 0.369 e. The fourth-order valence-corrected chi connectivity index (χ4v) is 3.45. The minimum Gasteiger partial charge on any atom is -0.369 e. The summed E-state index contributed by atoms with van der Waals surface area (Å²) in [5.41, 5.74) is 3.13. The summed E-state index contributed by atoms with van der Waals surface area (Å²) < 4.78 is 1.80. The first-order valence-corrected chi connectivity index (χ1v) is 10.4. The molecule has 3 N–H and O–H groups in total. The second kappa shape index (κ2) is 9.30. The fraction of sp³-hybridized carbons (Fsp3) is 0.455. The topological polar surface area (TPSA) is 108 Å². The van der Waals surface area contributed by atoms with Gasteiger partial charge in [0.15, 0.2) is 5.65 Å². The van der Waals surface area contributed by atoms with Crippen molar-refractivity contribution < 1.29 is 4.79 Å². The highest BCUT2D eigenvalue weighted by atomic mass is 16.1. The Morgan fingerprint density at radius 2 is 2.00 bits per heavy atom. The normalized spacial score (nSPS) is 11.5. The Labute approximate surface area is 181 Å². The highest BCUT2D eigenvalue weighted by Crippen LogP contribution is 2.23. The predicted octanol–water partition coefficient (Wildman–Crippen LogP) is 2.22. The quantitative estimate of drug-likeness (QED) is 0.511. The van der Waals surface area contributed by atoms with Crippen LogP contribution in [0.15, 0.2) is 23.1 Å². The van der Waals surface area contributed by atoms with Gasteiger partial charge in [-0.25, -0.2) is 9.67 Å². The van der Waals surface area contributed by atoms with E-state index in [0.717, 1.165) is 17.8 Å². The summed E-state index contributed by atoms with van der Waals surface area (Å²) in [4.78, 5) is 34.9. The molecule has 9 nitrogen and oxygen atoms in total. The molecule has 3 aromatic rings. The number of hydrogen-bond donors (Lipinski definition) is 3. The van der Waals surface area contributed by atoms with E-state index in [0.29, 0.717) is 34.5 Å². The molecule has 3 heterocycles. The van der Waals surface area contributed by atoms with Crippen LogP contribution in [0, 0.1) is 13.8 Å². The van der Waals surface area contributed by atoms with Crippen molar-refractivity contribution in [2.45, 2.75) is 40.3 Å². The van der Waals surface area contributed by atoms with Gasteiger partial charge >= 0.3 is 0 Å². The number of fused-ring (bicyclic) bond motifs is 1. The molecule has 0 aliphatic carbocycles. The molecular formula is C22H31N7O2. The first kappa shape index (κ1) is 22.5. The number of nitrogens with one attached hydrogen (secondary N) is 3. The van der Waals surface area contributed by atoms with Crippen LogP contribution in [-0.4, -0.2) is 57.7 Å². The van der Waals surface area contributed by atoms with Gasteiger partial charge in [0.1, 0.15) is 5.82 Å². The van der Waals surface area contributed by atoms with Crippen molar-refractivity contribution in [2.24, 2.45) is 0 Å². The van der Waals surface area contributed by atoms with Crippen molar-refractivity contribution in [1.29, 1.82) is 0 Å². The lowest BCUT2D eigenvalue weighted by Crippen LogP contribution is -2.28. The monoisotopic (exact) mass is 425 g/mol. The van der Waals surface area contributed by atoms with Gasteiger partial charge in [0.05, 0.1) is 17.1 Å². The second-order valence-electron chi connectivity index (χ2n) is 8.33. The van der Waals surface area contributed by atoms with Crippen LogP contribution in [0.5, 0.6) is 0 Å². The maximum atomic E-state index is 13.1. The third kappa shape index (κ3) is 5.11. The van der Waals surface area contributed by atoms with E-state index in [4.69, 9.17) is 0 Å². The number of anilines is 1. The summed E-state index contributed by atoms with van der Waals surface area (Å²) in [5.74, 6) is 0.344. The molecule has 0 aromatic carbocycles. The number of pyridine rings is 2. The summed E-state index contributed by atoms with van der Waals surface area (Å²) in [6, 6.07) is 3.74. The maximum Gasteiger partial charge on any atom is 0.253 e. The van der Waals surface area contributed by atoms with E-state index in [9.17, 15) is 9.59 Å². The number of likely N-dealkylation sites (N-methyl/N-ethyl adjacent to an activating group) is 1. The lowest BCUT2D eigenvalue weighted by atomic mass is 10.1. The molecule has 0 aliphatic heterocycles. The Hall–Kier alpha value is -3.20. The molecule has 0 aliphatic rings. The van der Waals surface area contributed by atoms with Gasteiger partial charge in [0.25, 0.3) is 11.5 Å². The molecule has 0 saturated carbocycles. The third-order valence-electron chi connectivity index (χ3n) is 5.09. The average molecular weight is 426 g/mol. The number of aryl methyl sites for hydroxylation is 2. The number of rotatable bonds is 8. The Morgan fingerprint density at radius 1 is 1.26 bits per heavy atom. The number of H-pyrrole nitrogens is 1. The van der Waals surface area contributed by atoms with Crippen molar-refractivity contribution >= 4 is 22.8 Å². The molecule has 3 rings (SSSR count). The van der Waals surface area contributed by atoms with Gasteiger partial charge in [0, 0.05) is 36.9 Å². The van der Waals surface area contributed by atoms with Crippen LogP contribution >= 0.6 is 0 Å². The second-order valence-corrected chi connectivity index (χ2v) is 8.33. The van der Waals surface area contributed by atoms with Gasteiger partial charge in [-0.3, -0.25) is 9.59 Å². The molecular weight excluding hydrogens is 394 g/mol. The van der Waals surface area contributed by atoms with Crippen LogP contribution < -0.4 is 16.2 Å². The van der Waals surface area contributed by atoms with Crippen LogP contribution in [0.1, 0.15) is 47.1 Å². The van der Waals surface area contributed by atoms with E-state index >= 15 is 0 Å². The summed E-state index contributed by atoms with van der Waals surface area (Å²) in [6.45, 7) is 9.42. The van der Waals surface area contributed by atoms with Gasteiger partial charge in [-0.1, -0.05) is 0 Å². The molecule has 0 spiro atoms. The number of aromatic nitrogens is 4. The molecule has 9 heteroatoms. The van der Waals surface area contributed by atoms with Crippen molar-refractivity contribution in [3.63, 3.8) is 0 Å². The Balaban J connectivity index is 1.92. The SMILES string of the molecule is Cc1cc(C)c(CNC(=O)c2cc(NCCN(C)C)nc3c2cnn3C(C)C)c(=O)[nH]1. The van der Waals surface area contributed by atoms with Crippen LogP contribution in [-0.2, 0) is 6.54 Å². The first-order valence-electron chi connectivity index (χ1n) is 10.4. The lowest BCUT2D eigenvalue weighted by Gasteiger charge is -2.14. The van der Waals surface area contributed by atoms with E-state index < -0.39 is 0 Å². The number of amides is 1. The maximum absolute atomic E-state index is 13.1. The highest BCUT2D eigenvalue weighted by molar-refractivity contribution is 6.06. The molecule has 0 atom stereocenters. The first-order chi connectivity index (χ1) is 14.7. The van der Waals surface area contributed by atoms with E-state index in [1.165, 1.54) is 0 Å². The van der Waals surface area contributed by atoms with Gasteiger partial charge in [-0.05, 0) is 59.5 Å². The lowest BCUT2D eigenvalue weighted by molar-refractivity contribution is 0.0952. The van der Waals surface area contributed by atoms with Crippen molar-refractivity contribution in [3.05, 3.63) is 51.1 Å². The minimum absolute atomic E-state index is 0.103. The molecule has 0 bridgehead atoms. The number of carbonyl (C=O) groups is 1. The molecule has 0 unspecified atom stereocenters. The molecule has 1 amide bonds. The average Bonchev–Trinajstić information content (AvgIpc) is 3.10. The van der Waals surface area contributed by atoms with Gasteiger partial charge in [-0.2, -0.15) is 5.10 Å². The zero-order chi connectivity index (χ0) is 22.7. The summed E-state index contributed by atoms with van der Waals surface area (Å²) in [7, 11) is 4.00. The van der Waals surface area contributed by atoms with E-state index in [1.54, 1.807) is 16.9 Å². The minimum atomic E-state index is -0.272. The molecule has 31 heavy (non-hydrogen) atoms. The highest BCUT2D eigenvalue weighted by Gasteiger charge is 2.18. The third-order valence-corrected chi connectivity index (χ3v) is 5.09. The number of hydrogen-bond acceptors (Lipinski definition) is 6. The van der Waals surface area contributed by atoms with Gasteiger partial charge in [-0.15, -0.1) is 0 Å². The number of aromatic amines is 1. The predicted molar refractivity (Wildman–Crippen MR) is 123 cm³/mol. The summed E-state index contributed by atoms with van der Waals surface area (Å²) in [5, 5.41) is 11.3. The Kier molecular flexibility index (Phi) is 6.74. The van der Waals surface area contributed by atoms with E-state index in [-0.39, 0.29) is 24.1 Å². The standard InChI is InChI=1S/C22H31N7O2/c1-13(2)29-20-18(12-25-29)16(10-19(27-20)23-7-8-28(5)6)21(30)24-11-17-14(3)9-15(4)26-22(17)31/h9-10,12-13H,7-8,11H2,1-6H3,(H,23,27)(H,24,30)(H,26,31). The van der Waals surface area contributed by atoms with Crippen LogP contribution in [0.4, 0.5) is 5.82 Å². The Bertz CT molecular complexity index is 1140. The van der Waals surface area contributed by atoms with Crippen LogP contribution in [0.25, 0.3) is 11.0 Å². The van der Waals surface area contributed by atoms with Crippen molar-refractivity contribution in [3.8, 4) is 0 Å². The van der Waals surface area contributed by atoms with Crippen LogP contribution in [0.2, 0.25) is 0 Å². The van der Waals surface area contributed by atoms with Gasteiger partial charge < -0.3 is 20.5 Å². The Morgan fingerprint density at radius 3 is 2.65 bits per heavy atom. The van der Waals surface area contributed by atoms with Crippen molar-refractivity contribution in [1.82, 2.24) is 30.0 Å². The smallest absolute Gasteiger partial charge is 0.253 e. The van der Waals surface area contributed by atoms with Gasteiger partial charge in [0.2, 0.25) is 0 Å². The fourth-order valence-electron chi connectivity index (χ4n) is 3.45. The molecule has 0 saturated heterocycles. The zero-order valence-corrected chi connectivity index (χ0v) is 19.0. The van der Waals surface area contributed by atoms with E-state index in [1.807, 2.05) is 47.9 Å². The molecule has 0 radical (unpaired) electrons. The number of nitrogens with zero attached hydrogens (tertiary/aromatic N) is 4. The summed E-state index contributed by atoms with van der Waals surface area (Å²) >= 11 is 0. The molecule has 166 valence electrons.